The Hall–Kier alpha value is -2.59. The second-order valence-corrected chi connectivity index (χ2v) is 12.2. The van der Waals surface area contributed by atoms with Gasteiger partial charge in [0.25, 0.3) is 0 Å². The van der Waals surface area contributed by atoms with Crippen LogP contribution >= 0.6 is 21.6 Å². The van der Waals surface area contributed by atoms with E-state index < -0.39 is 6.10 Å². The third kappa shape index (κ3) is 9.83. The lowest BCUT2D eigenvalue weighted by atomic mass is 9.91. The Morgan fingerprint density at radius 3 is 2.51 bits per heavy atom. The molecule has 1 aliphatic rings. The lowest BCUT2D eigenvalue weighted by Crippen LogP contribution is -2.27. The van der Waals surface area contributed by atoms with E-state index in [1.807, 2.05) is 18.2 Å². The van der Waals surface area contributed by atoms with Crippen molar-refractivity contribution in [3.63, 3.8) is 0 Å². The summed E-state index contributed by atoms with van der Waals surface area (Å²) in [5, 5.41) is 14.5. The highest BCUT2D eigenvalue weighted by Crippen LogP contribution is 2.41. The number of phenolic OH excluding ortho intramolecular Hbond substituents is 1. The average Bonchev–Trinajstić information content (AvgIpc) is 2.91. The van der Waals surface area contributed by atoms with Crippen molar-refractivity contribution in [1.82, 2.24) is 4.98 Å². The quantitative estimate of drug-likeness (QED) is 0.167. The summed E-state index contributed by atoms with van der Waals surface area (Å²) in [5.74, 6) is 2.10. The minimum atomic E-state index is -0.402. The second kappa shape index (κ2) is 15.9. The van der Waals surface area contributed by atoms with Gasteiger partial charge in [0.2, 0.25) is 0 Å². The molecule has 2 atom stereocenters. The number of benzene rings is 1. The molecule has 10 heteroatoms. The van der Waals surface area contributed by atoms with Gasteiger partial charge in [-0.1, -0.05) is 41.4 Å². The fraction of sp³-hybridized carbons (Fsp3) is 0.552. The van der Waals surface area contributed by atoms with Crippen LogP contribution in [0, 0.1) is 0 Å². The molecule has 0 radical (unpaired) electrons. The van der Waals surface area contributed by atoms with E-state index in [4.69, 9.17) is 14.2 Å². The van der Waals surface area contributed by atoms with Crippen molar-refractivity contribution in [3.8, 4) is 11.5 Å². The third-order valence-corrected chi connectivity index (χ3v) is 8.70. The van der Waals surface area contributed by atoms with Crippen LogP contribution < -0.4 is 10.1 Å². The highest BCUT2D eigenvalue weighted by Gasteiger charge is 2.24. The Balaban J connectivity index is 1.89. The molecule has 2 heterocycles. The first-order chi connectivity index (χ1) is 18.8. The molecule has 0 saturated carbocycles. The van der Waals surface area contributed by atoms with Crippen molar-refractivity contribution in [2.24, 2.45) is 0 Å². The number of aromatic nitrogens is 1. The first-order valence-corrected chi connectivity index (χ1v) is 16.0. The topological polar surface area (TPSA) is 107 Å². The molecule has 1 aromatic carbocycles. The first-order valence-electron chi connectivity index (χ1n) is 13.5. The Morgan fingerprint density at radius 1 is 1.08 bits per heavy atom. The number of nitrogens with zero attached hydrogens (tertiary/aromatic N) is 1. The van der Waals surface area contributed by atoms with E-state index in [-0.39, 0.29) is 23.8 Å². The molecule has 1 aliphatic heterocycles. The number of hydrogen-bond donors (Lipinski definition) is 2. The molecule has 0 fully saturated rings. The molecule has 0 spiro atoms. The summed E-state index contributed by atoms with van der Waals surface area (Å²) >= 11 is 0. The highest BCUT2D eigenvalue weighted by atomic mass is 33.1. The number of carbonyl (C=O) groups is 2. The summed E-state index contributed by atoms with van der Waals surface area (Å²) in [6, 6.07) is 5.85. The maximum atomic E-state index is 12.0. The van der Waals surface area contributed by atoms with Crippen molar-refractivity contribution < 1.29 is 28.9 Å². The maximum Gasteiger partial charge on any atom is 0.302 e. The molecular formula is C29H40N2O6S2. The molecule has 39 heavy (non-hydrogen) atoms. The fourth-order valence-electron chi connectivity index (χ4n) is 4.83. The molecule has 8 nitrogen and oxygen atoms in total. The van der Waals surface area contributed by atoms with E-state index in [1.165, 1.54) is 13.8 Å². The van der Waals surface area contributed by atoms with Gasteiger partial charge in [0.15, 0.2) is 11.5 Å². The number of ether oxygens (including phenoxy) is 3. The number of hydrogen-bond acceptors (Lipinski definition) is 10. The number of pyridine rings is 1. The van der Waals surface area contributed by atoms with Crippen LogP contribution in [-0.4, -0.2) is 47.2 Å². The van der Waals surface area contributed by atoms with Gasteiger partial charge in [0.1, 0.15) is 18.0 Å². The van der Waals surface area contributed by atoms with Gasteiger partial charge in [0, 0.05) is 44.2 Å². The lowest BCUT2D eigenvalue weighted by molar-refractivity contribution is -0.153. The Kier molecular flexibility index (Phi) is 12.6. The van der Waals surface area contributed by atoms with E-state index in [1.54, 1.807) is 34.9 Å². The molecular weight excluding hydrogens is 536 g/mol. The van der Waals surface area contributed by atoms with Gasteiger partial charge in [-0.2, -0.15) is 0 Å². The van der Waals surface area contributed by atoms with Gasteiger partial charge < -0.3 is 24.6 Å². The van der Waals surface area contributed by atoms with Crippen molar-refractivity contribution in [2.75, 3.05) is 18.3 Å². The van der Waals surface area contributed by atoms with Crippen LogP contribution in [0.4, 0.5) is 5.82 Å². The smallest absolute Gasteiger partial charge is 0.302 e. The van der Waals surface area contributed by atoms with E-state index in [0.29, 0.717) is 43.1 Å². The van der Waals surface area contributed by atoms with Crippen LogP contribution in [-0.2, 0) is 37.7 Å². The van der Waals surface area contributed by atoms with Crippen molar-refractivity contribution >= 4 is 39.3 Å². The standard InChI is InChI=1S/C29H40N2O6S2/c1-5-6-7-8-23(36-19(2)32)16-24(37-20(3)33)10-9-22-15-27(35-4)29(34)25-13-21-11-12-30-28(14-21)31-18-39-38-17-26(22)25/h11-12,14-15,23-24,34H,5-10,13,16-18H2,1-4H3,(H,30,31). The van der Waals surface area contributed by atoms with Crippen molar-refractivity contribution in [3.05, 3.63) is 46.6 Å². The minimum Gasteiger partial charge on any atom is -0.504 e. The number of esters is 2. The van der Waals surface area contributed by atoms with Crippen LogP contribution in [0.3, 0.4) is 0 Å². The number of nitrogens with one attached hydrogen (secondary N) is 1. The van der Waals surface area contributed by atoms with Crippen molar-refractivity contribution in [2.45, 2.75) is 90.1 Å². The number of carbonyl (C=O) groups excluding carboxylic acids is 2. The summed E-state index contributed by atoms with van der Waals surface area (Å²) in [7, 11) is 4.95. The van der Waals surface area contributed by atoms with Gasteiger partial charge in [0.05, 0.1) is 13.0 Å². The zero-order chi connectivity index (χ0) is 28.2. The molecule has 0 aliphatic carbocycles. The van der Waals surface area contributed by atoms with Gasteiger partial charge in [-0.25, -0.2) is 4.98 Å². The summed E-state index contributed by atoms with van der Waals surface area (Å²) in [5.41, 5.74) is 3.97. The Morgan fingerprint density at radius 2 is 1.82 bits per heavy atom. The first kappa shape index (κ1) is 30.9. The normalized spacial score (nSPS) is 14.7. The third-order valence-electron chi connectivity index (χ3n) is 6.66. The molecule has 2 aromatic rings. The molecule has 3 rings (SSSR count). The van der Waals surface area contributed by atoms with Crippen molar-refractivity contribution in [1.29, 1.82) is 0 Å². The van der Waals surface area contributed by atoms with Crippen LogP contribution in [0.25, 0.3) is 0 Å². The Bertz CT molecular complexity index is 1110. The Labute approximate surface area is 239 Å². The molecule has 214 valence electrons. The van der Waals surface area contributed by atoms with Gasteiger partial charge >= 0.3 is 11.9 Å². The lowest BCUT2D eigenvalue weighted by Gasteiger charge is -2.24. The van der Waals surface area contributed by atoms with E-state index in [9.17, 15) is 14.7 Å². The highest BCUT2D eigenvalue weighted by molar-refractivity contribution is 8.76. The largest absolute Gasteiger partial charge is 0.504 e. The molecule has 0 amide bonds. The molecule has 1 aromatic heterocycles. The average molecular weight is 577 g/mol. The van der Waals surface area contributed by atoms with E-state index in [0.717, 1.165) is 53.8 Å². The van der Waals surface area contributed by atoms with E-state index in [2.05, 4.69) is 17.2 Å². The minimum absolute atomic E-state index is 0.148. The number of aryl methyl sites for hydroxylation is 1. The summed E-state index contributed by atoms with van der Waals surface area (Å²) in [6.45, 7) is 4.95. The second-order valence-electron chi connectivity index (χ2n) is 9.70. The number of phenols is 1. The monoisotopic (exact) mass is 576 g/mol. The summed E-state index contributed by atoms with van der Waals surface area (Å²) in [4.78, 5) is 28.1. The number of methoxy groups -OCH3 is 1. The van der Waals surface area contributed by atoms with Crippen LogP contribution in [0.5, 0.6) is 11.5 Å². The molecule has 2 N–H and O–H groups in total. The van der Waals surface area contributed by atoms with Gasteiger partial charge in [-0.3, -0.25) is 9.59 Å². The predicted molar refractivity (Wildman–Crippen MR) is 157 cm³/mol. The fourth-order valence-corrected chi connectivity index (χ4v) is 6.71. The molecule has 2 unspecified atom stereocenters. The van der Waals surface area contributed by atoms with Crippen LogP contribution in [0.1, 0.15) is 81.5 Å². The zero-order valence-electron chi connectivity index (χ0n) is 23.3. The number of fused-ring (bicyclic) bond motifs is 3. The SMILES string of the molecule is CCCCCC(CC(CCc1cc(OC)c(O)c2c1CSSCNc1cc(ccn1)C2)OC(C)=O)OC(C)=O. The number of rotatable bonds is 12. The maximum absolute atomic E-state index is 12.0. The number of aromatic hydroxyl groups is 1. The summed E-state index contributed by atoms with van der Waals surface area (Å²) < 4.78 is 16.9. The van der Waals surface area contributed by atoms with Crippen LogP contribution in [0.15, 0.2) is 24.4 Å². The number of unbranched alkanes of at least 4 members (excludes halogenated alkanes) is 2. The number of anilines is 1. The van der Waals surface area contributed by atoms with Gasteiger partial charge in [-0.05, 0) is 60.6 Å². The van der Waals surface area contributed by atoms with E-state index >= 15 is 0 Å². The van der Waals surface area contributed by atoms with Gasteiger partial charge in [-0.15, -0.1) is 0 Å². The summed E-state index contributed by atoms with van der Waals surface area (Å²) in [6.07, 6.45) is 7.05. The molecule has 2 bridgehead atoms. The van der Waals surface area contributed by atoms with Crippen LogP contribution in [0.2, 0.25) is 0 Å². The molecule has 0 saturated heterocycles. The zero-order valence-corrected chi connectivity index (χ0v) is 24.9. The predicted octanol–water partition coefficient (Wildman–Crippen LogP) is 6.42.